The Kier molecular flexibility index (Phi) is 8.22. The molecular formula is C13H26FNO. The van der Waals surface area contributed by atoms with E-state index < -0.39 is 0 Å². The number of amides is 1. The van der Waals surface area contributed by atoms with Crippen molar-refractivity contribution in [2.75, 3.05) is 6.54 Å². The van der Waals surface area contributed by atoms with Gasteiger partial charge in [0.1, 0.15) is 0 Å². The van der Waals surface area contributed by atoms with Crippen LogP contribution in [0.1, 0.15) is 59.8 Å². The largest absolute Gasteiger partial charge is 0.272 e. The van der Waals surface area contributed by atoms with E-state index in [1.807, 2.05) is 13.8 Å². The van der Waals surface area contributed by atoms with Gasteiger partial charge in [-0.05, 0) is 12.3 Å². The van der Waals surface area contributed by atoms with Gasteiger partial charge in [-0.2, -0.15) is 5.12 Å². The molecule has 1 unspecified atom stereocenters. The van der Waals surface area contributed by atoms with Crippen molar-refractivity contribution in [1.82, 2.24) is 5.12 Å². The van der Waals surface area contributed by atoms with Crippen molar-refractivity contribution in [3.8, 4) is 0 Å². The number of nitrogens with zero attached hydrogens (tertiary/aromatic N) is 1. The van der Waals surface area contributed by atoms with Gasteiger partial charge in [-0.25, -0.2) is 0 Å². The zero-order valence-corrected chi connectivity index (χ0v) is 11.1. The van der Waals surface area contributed by atoms with Gasteiger partial charge in [0.15, 0.2) is 0 Å². The van der Waals surface area contributed by atoms with Crippen LogP contribution in [-0.4, -0.2) is 17.6 Å². The van der Waals surface area contributed by atoms with E-state index in [2.05, 4.69) is 6.92 Å². The molecule has 0 spiro atoms. The van der Waals surface area contributed by atoms with Crippen molar-refractivity contribution in [3.63, 3.8) is 0 Å². The van der Waals surface area contributed by atoms with E-state index in [0.29, 0.717) is 5.12 Å². The maximum absolute atomic E-state index is 13.4. The van der Waals surface area contributed by atoms with Gasteiger partial charge in [-0.1, -0.05) is 57.9 Å². The molecule has 0 aliphatic carbocycles. The fourth-order valence-electron chi connectivity index (χ4n) is 1.47. The molecule has 0 rings (SSSR count). The maximum Gasteiger partial charge on any atom is 0.253 e. The molecule has 16 heavy (non-hydrogen) atoms. The number of unbranched alkanes of at least 4 members (excludes halogenated alkanes) is 4. The minimum Gasteiger partial charge on any atom is -0.272 e. The first-order valence-corrected chi connectivity index (χ1v) is 6.47. The van der Waals surface area contributed by atoms with Crippen molar-refractivity contribution in [2.24, 2.45) is 11.8 Å². The molecule has 0 aliphatic rings. The minimum absolute atomic E-state index is 0.200. The highest BCUT2D eigenvalue weighted by atomic mass is 19.2. The minimum atomic E-state index is -0.370. The van der Waals surface area contributed by atoms with Crippen LogP contribution in [0.15, 0.2) is 0 Å². The SMILES string of the molecule is CCCCCCCN(F)C(=O)C(C)C(C)C. The van der Waals surface area contributed by atoms with Crippen molar-refractivity contribution >= 4 is 5.91 Å². The zero-order chi connectivity index (χ0) is 12.6. The fourth-order valence-corrected chi connectivity index (χ4v) is 1.47. The van der Waals surface area contributed by atoms with Crippen LogP contribution in [0.25, 0.3) is 0 Å². The van der Waals surface area contributed by atoms with Gasteiger partial charge in [0.05, 0.1) is 6.54 Å². The first kappa shape index (κ1) is 15.4. The molecule has 0 saturated heterocycles. The van der Waals surface area contributed by atoms with E-state index in [4.69, 9.17) is 0 Å². The lowest BCUT2D eigenvalue weighted by Gasteiger charge is -2.19. The third kappa shape index (κ3) is 6.09. The number of halogens is 1. The van der Waals surface area contributed by atoms with E-state index in [1.165, 1.54) is 12.8 Å². The Morgan fingerprint density at radius 1 is 1.12 bits per heavy atom. The topological polar surface area (TPSA) is 20.3 Å². The quantitative estimate of drug-likeness (QED) is 0.457. The highest BCUT2D eigenvalue weighted by Gasteiger charge is 2.22. The Balaban J connectivity index is 3.71. The molecule has 1 atom stereocenters. The lowest BCUT2D eigenvalue weighted by atomic mass is 9.97. The van der Waals surface area contributed by atoms with Crippen LogP contribution < -0.4 is 0 Å². The van der Waals surface area contributed by atoms with Crippen LogP contribution in [0.2, 0.25) is 0 Å². The number of hydrogen-bond donors (Lipinski definition) is 0. The summed E-state index contributed by atoms with van der Waals surface area (Å²) < 4.78 is 13.4. The van der Waals surface area contributed by atoms with E-state index in [-0.39, 0.29) is 24.3 Å². The first-order chi connectivity index (χ1) is 7.50. The Morgan fingerprint density at radius 3 is 2.19 bits per heavy atom. The second-order valence-corrected chi connectivity index (χ2v) is 4.87. The van der Waals surface area contributed by atoms with E-state index >= 15 is 0 Å². The maximum atomic E-state index is 13.4. The molecule has 0 aromatic carbocycles. The molecule has 3 heteroatoms. The smallest absolute Gasteiger partial charge is 0.253 e. The lowest BCUT2D eigenvalue weighted by molar-refractivity contribution is -0.152. The van der Waals surface area contributed by atoms with Gasteiger partial charge in [0.25, 0.3) is 5.91 Å². The fraction of sp³-hybridized carbons (Fsp3) is 0.923. The Labute approximate surface area is 99.1 Å². The van der Waals surface area contributed by atoms with Gasteiger partial charge in [0, 0.05) is 5.92 Å². The Morgan fingerprint density at radius 2 is 1.69 bits per heavy atom. The van der Waals surface area contributed by atoms with Crippen molar-refractivity contribution < 1.29 is 9.28 Å². The van der Waals surface area contributed by atoms with Gasteiger partial charge < -0.3 is 0 Å². The predicted molar refractivity (Wildman–Crippen MR) is 65.6 cm³/mol. The highest BCUT2D eigenvalue weighted by Crippen LogP contribution is 2.14. The molecule has 96 valence electrons. The van der Waals surface area contributed by atoms with Gasteiger partial charge in [-0.15, -0.1) is 0 Å². The third-order valence-corrected chi connectivity index (χ3v) is 3.09. The van der Waals surface area contributed by atoms with E-state index in [1.54, 1.807) is 6.92 Å². The molecule has 0 aliphatic heterocycles. The first-order valence-electron chi connectivity index (χ1n) is 6.47. The van der Waals surface area contributed by atoms with Crippen LogP contribution >= 0.6 is 0 Å². The van der Waals surface area contributed by atoms with Gasteiger partial charge in [-0.3, -0.25) is 4.79 Å². The van der Waals surface area contributed by atoms with Crippen LogP contribution in [0.4, 0.5) is 4.48 Å². The summed E-state index contributed by atoms with van der Waals surface area (Å²) in [6.45, 7) is 8.07. The molecule has 2 nitrogen and oxygen atoms in total. The van der Waals surface area contributed by atoms with E-state index in [9.17, 15) is 9.28 Å². The standard InChI is InChI=1S/C13H26FNO/c1-5-6-7-8-9-10-15(14)13(16)12(4)11(2)3/h11-12H,5-10H2,1-4H3. The summed E-state index contributed by atoms with van der Waals surface area (Å²) in [6, 6.07) is 0. The van der Waals surface area contributed by atoms with Crippen LogP contribution in [0.3, 0.4) is 0 Å². The zero-order valence-electron chi connectivity index (χ0n) is 11.1. The second kappa shape index (κ2) is 8.54. The molecule has 0 saturated carbocycles. The molecule has 1 amide bonds. The van der Waals surface area contributed by atoms with E-state index in [0.717, 1.165) is 19.3 Å². The number of rotatable bonds is 8. The monoisotopic (exact) mass is 231 g/mol. The molecule has 0 aromatic rings. The third-order valence-electron chi connectivity index (χ3n) is 3.09. The average Bonchev–Trinajstić information content (AvgIpc) is 2.26. The van der Waals surface area contributed by atoms with Gasteiger partial charge in [0.2, 0.25) is 0 Å². The van der Waals surface area contributed by atoms with Crippen LogP contribution in [0.5, 0.6) is 0 Å². The summed E-state index contributed by atoms with van der Waals surface area (Å²) >= 11 is 0. The lowest BCUT2D eigenvalue weighted by Crippen LogP contribution is -2.31. The molecule has 0 heterocycles. The summed E-state index contributed by atoms with van der Waals surface area (Å²) in [4.78, 5) is 11.6. The summed E-state index contributed by atoms with van der Waals surface area (Å²) in [7, 11) is 0. The molecule has 0 fully saturated rings. The highest BCUT2D eigenvalue weighted by molar-refractivity contribution is 5.77. The number of carbonyl (C=O) groups is 1. The molecular weight excluding hydrogens is 205 g/mol. The van der Waals surface area contributed by atoms with Gasteiger partial charge >= 0.3 is 0 Å². The molecule has 0 N–H and O–H groups in total. The predicted octanol–water partition coefficient (Wildman–Crippen LogP) is 3.96. The average molecular weight is 231 g/mol. The van der Waals surface area contributed by atoms with Crippen LogP contribution in [0, 0.1) is 11.8 Å². The van der Waals surface area contributed by atoms with Crippen molar-refractivity contribution in [1.29, 1.82) is 0 Å². The molecule has 0 aromatic heterocycles. The Bertz CT molecular complexity index is 194. The number of hydrogen-bond acceptors (Lipinski definition) is 1. The summed E-state index contributed by atoms with van der Waals surface area (Å²) in [5.74, 6) is -0.392. The molecule has 0 radical (unpaired) electrons. The molecule has 0 bridgehead atoms. The summed E-state index contributed by atoms with van der Waals surface area (Å²) in [5.41, 5.74) is 0. The number of carbonyl (C=O) groups excluding carboxylic acids is 1. The van der Waals surface area contributed by atoms with Crippen LogP contribution in [-0.2, 0) is 4.79 Å². The summed E-state index contributed by atoms with van der Waals surface area (Å²) in [5, 5.41) is 0.399. The van der Waals surface area contributed by atoms with Crippen molar-refractivity contribution in [2.45, 2.75) is 59.8 Å². The summed E-state index contributed by atoms with van der Waals surface area (Å²) in [6.07, 6.45) is 5.30. The van der Waals surface area contributed by atoms with Crippen molar-refractivity contribution in [3.05, 3.63) is 0 Å². The Hall–Kier alpha value is -0.600. The normalized spacial score (nSPS) is 12.9. The second-order valence-electron chi connectivity index (χ2n) is 4.87.